The molecule has 0 amide bonds. The number of hydrogen-bond acceptors (Lipinski definition) is 4. The first-order valence-corrected chi connectivity index (χ1v) is 31.8. The predicted octanol–water partition coefficient (Wildman–Crippen LogP) is 21.4. The molecule has 4 aliphatic rings. The molecule has 3 heterocycles. The molecule has 89 heavy (non-hydrogen) atoms. The van der Waals surface area contributed by atoms with Crippen LogP contribution in [-0.2, 0) is 16.2 Å². The van der Waals surface area contributed by atoms with Crippen molar-refractivity contribution in [3.8, 4) is 55.6 Å². The van der Waals surface area contributed by atoms with Crippen molar-refractivity contribution in [1.82, 2.24) is 0 Å². The first-order valence-electron chi connectivity index (χ1n) is 33.5. The second-order valence-corrected chi connectivity index (χ2v) is 27.5. The Balaban J connectivity index is 1.03. The number of thiophene rings is 1. The molecule has 2 aliphatic heterocycles. The minimum absolute atomic E-state index is 0.0762. The summed E-state index contributed by atoms with van der Waals surface area (Å²) in [4.78, 5) is 7.42. The molecule has 0 saturated heterocycles. The van der Waals surface area contributed by atoms with Crippen LogP contribution in [0.15, 0.2) is 273 Å². The Labute approximate surface area is 534 Å². The average Bonchev–Trinajstić information content (AvgIpc) is 1.26. The summed E-state index contributed by atoms with van der Waals surface area (Å²) in [6.45, 7) is 15.8. The van der Waals surface area contributed by atoms with Gasteiger partial charge in [0.25, 0.3) is 6.71 Å². The number of hydrogen-bond donors (Lipinski definition) is 0. The summed E-state index contributed by atoms with van der Waals surface area (Å²) in [5, 5.41) is 1.11. The highest BCUT2D eigenvalue weighted by atomic mass is 32.1. The fraction of sp³-hybridized carbons (Fsp3) is 0.119. The van der Waals surface area contributed by atoms with Gasteiger partial charge in [0.15, 0.2) is 0 Å². The lowest BCUT2D eigenvalue weighted by molar-refractivity contribution is 0.590. The fourth-order valence-electron chi connectivity index (χ4n) is 15.5. The van der Waals surface area contributed by atoms with Gasteiger partial charge in [-0.25, -0.2) is 0 Å². The topological polar surface area (TPSA) is 9.72 Å². The zero-order valence-corrected chi connectivity index (χ0v) is 51.7. The molecule has 0 bridgehead atoms. The predicted molar refractivity (Wildman–Crippen MR) is 381 cm³/mol. The molecule has 13 aromatic rings. The monoisotopic (exact) mass is 1160 g/mol. The first-order chi connectivity index (χ1) is 45.4. The second-order valence-electron chi connectivity index (χ2n) is 26.4. The summed E-state index contributed by atoms with van der Waals surface area (Å²) in [7, 11) is 0. The van der Waals surface area contributed by atoms with Crippen molar-refractivity contribution in [3.63, 3.8) is 0 Å². The van der Waals surface area contributed by atoms with Crippen LogP contribution in [0.4, 0.5) is 51.2 Å². The van der Waals surface area contributed by atoms with Crippen molar-refractivity contribution in [1.29, 1.82) is 0 Å². The number of benzene rings is 12. The molecule has 0 atom stereocenters. The minimum Gasteiger partial charge on any atom is -0.311 e. The van der Waals surface area contributed by atoms with E-state index >= 15 is 0 Å². The first kappa shape index (κ1) is 48.1. The lowest BCUT2D eigenvalue weighted by Crippen LogP contribution is -2.60. The molecule has 0 fully saturated rings. The van der Waals surface area contributed by atoms with Gasteiger partial charge in [-0.15, -0.1) is 11.3 Å². The summed E-state index contributed by atoms with van der Waals surface area (Å²) >= 11 is 1.85. The van der Waals surface area contributed by atoms with Gasteiger partial charge in [0, 0.05) is 59.7 Å². The Hall–Kier alpha value is -9.94. The van der Waals surface area contributed by atoms with E-state index in [1.165, 1.54) is 49.3 Å². The molecule has 3 nitrogen and oxygen atoms in total. The van der Waals surface area contributed by atoms with Gasteiger partial charge in [0.2, 0.25) is 0 Å². The van der Waals surface area contributed by atoms with E-state index in [-0.39, 0.29) is 41.9 Å². The molecule has 0 saturated carbocycles. The van der Waals surface area contributed by atoms with E-state index in [9.17, 15) is 5.48 Å². The van der Waals surface area contributed by atoms with Crippen LogP contribution in [0.2, 0.25) is 0 Å². The molecule has 5 heteroatoms. The maximum atomic E-state index is 9.86. The molecular weight excluding hydrogens is 1090 g/mol. The van der Waals surface area contributed by atoms with Crippen LogP contribution in [0, 0.1) is 0 Å². The maximum absolute atomic E-state index is 9.86. The van der Waals surface area contributed by atoms with Crippen molar-refractivity contribution < 1.29 is 6.85 Å². The van der Waals surface area contributed by atoms with Crippen LogP contribution in [0.5, 0.6) is 0 Å². The van der Waals surface area contributed by atoms with Crippen molar-refractivity contribution in [2.24, 2.45) is 0 Å². The SMILES string of the molecule is [2H]c1c([2H])c([2H])c(-c2cc3c4c(c2)N(c2cccc5c2C(C)(C)c2ccccc2-5)c2c(sc5ccc(-c6ccccc6)cc25)B4c2ccc(N(c4ccc(C(C)(C)C)cc4)c4ccccc4-c4ccccc4)cc2N3c2cccc3c2C(C)(C)c2ccccc2-3)c([2H])c1[2H]. The number of anilines is 9. The zero-order valence-electron chi connectivity index (χ0n) is 55.9. The highest BCUT2D eigenvalue weighted by Crippen LogP contribution is 2.59. The summed E-state index contributed by atoms with van der Waals surface area (Å²) in [5.74, 6) is 0. The van der Waals surface area contributed by atoms with Crippen LogP contribution in [-0.4, -0.2) is 6.71 Å². The zero-order chi connectivity index (χ0) is 64.4. The normalized spacial score (nSPS) is 15.1. The lowest BCUT2D eigenvalue weighted by Gasteiger charge is -2.45. The largest absolute Gasteiger partial charge is 0.311 e. The van der Waals surface area contributed by atoms with E-state index in [0.717, 1.165) is 100 Å². The van der Waals surface area contributed by atoms with E-state index in [1.807, 2.05) is 11.3 Å². The van der Waals surface area contributed by atoms with Crippen molar-refractivity contribution in [3.05, 3.63) is 301 Å². The van der Waals surface area contributed by atoms with E-state index in [4.69, 9.17) is 1.37 Å². The fourth-order valence-corrected chi connectivity index (χ4v) is 16.8. The quantitative estimate of drug-likeness (QED) is 0.140. The van der Waals surface area contributed by atoms with E-state index in [1.54, 1.807) is 0 Å². The molecule has 17 rings (SSSR count). The van der Waals surface area contributed by atoms with Gasteiger partial charge >= 0.3 is 0 Å². The molecule has 0 unspecified atom stereocenters. The van der Waals surface area contributed by atoms with Crippen LogP contribution in [0.1, 0.15) is 83.1 Å². The van der Waals surface area contributed by atoms with Crippen molar-refractivity contribution in [2.75, 3.05) is 14.7 Å². The van der Waals surface area contributed by atoms with Gasteiger partial charge in [-0.05, 0) is 161 Å². The third kappa shape index (κ3) is 8.04. The number of rotatable bonds is 8. The van der Waals surface area contributed by atoms with Crippen LogP contribution >= 0.6 is 11.3 Å². The molecule has 12 aromatic carbocycles. The molecule has 0 N–H and O–H groups in total. The minimum atomic E-state index is -0.469. The van der Waals surface area contributed by atoms with Gasteiger partial charge < -0.3 is 14.7 Å². The summed E-state index contributed by atoms with van der Waals surface area (Å²) in [6, 6.07) is 86.8. The third-order valence-corrected chi connectivity index (χ3v) is 20.8. The third-order valence-electron chi connectivity index (χ3n) is 19.6. The van der Waals surface area contributed by atoms with E-state index < -0.39 is 16.9 Å². The Morgan fingerprint density at radius 3 is 1.62 bits per heavy atom. The van der Waals surface area contributed by atoms with Gasteiger partial charge in [0.1, 0.15) is 0 Å². The molecular formula is C84H66BN3S. The molecule has 1 aromatic heterocycles. The Bertz CT molecular complexity index is 5310. The Morgan fingerprint density at radius 2 is 0.978 bits per heavy atom. The van der Waals surface area contributed by atoms with E-state index in [0.29, 0.717) is 5.56 Å². The van der Waals surface area contributed by atoms with Gasteiger partial charge in [-0.3, -0.25) is 0 Å². The number of para-hydroxylation sites is 1. The van der Waals surface area contributed by atoms with Gasteiger partial charge in [-0.2, -0.15) is 0 Å². The Kier molecular flexibility index (Phi) is 10.7. The summed E-state index contributed by atoms with van der Waals surface area (Å²) in [6.07, 6.45) is 0. The summed E-state index contributed by atoms with van der Waals surface area (Å²) < 4.78 is 49.6. The number of nitrogens with zero attached hydrogens (tertiary/aromatic N) is 3. The van der Waals surface area contributed by atoms with Crippen LogP contribution in [0.3, 0.4) is 0 Å². The van der Waals surface area contributed by atoms with Gasteiger partial charge in [0.05, 0.1) is 29.6 Å². The van der Waals surface area contributed by atoms with Crippen molar-refractivity contribution in [2.45, 2.75) is 64.7 Å². The molecule has 0 radical (unpaired) electrons. The molecule has 2 aliphatic carbocycles. The number of fused-ring (bicyclic) bond motifs is 12. The standard InChI is InChI=1S/C84H66BN3S/c1-82(2,3)58-42-44-59(45-43-58)86(70-38-22-19-31-61(70)55-29-15-10-16-30-55)60-46-47-69-73(52-60)87(71-39-23-34-64-62-32-17-20-36-67(62)83(4,5)77(64)71)74-50-57(54-27-13-9-14-28-54)51-75-79(74)85(69)81-80(66-49-56(41-48-76(66)89-81)53-25-11-8-12-26-53)88(75)72-40-24-35-65-63-33-18-21-37-68(63)84(6,7)78(65)72/h8-52H,1-7H3/i9D,13D,14D,27D,28D. The van der Waals surface area contributed by atoms with Crippen molar-refractivity contribution >= 4 is 95.0 Å². The molecule has 0 spiro atoms. The smallest absolute Gasteiger partial charge is 0.264 e. The van der Waals surface area contributed by atoms with Crippen LogP contribution < -0.4 is 30.4 Å². The maximum Gasteiger partial charge on any atom is 0.264 e. The van der Waals surface area contributed by atoms with Crippen LogP contribution in [0.25, 0.3) is 65.7 Å². The highest BCUT2D eigenvalue weighted by Gasteiger charge is 2.49. The summed E-state index contributed by atoms with van der Waals surface area (Å²) in [5.41, 5.74) is 26.0. The average molecular weight is 1170 g/mol. The second kappa shape index (κ2) is 19.8. The highest BCUT2D eigenvalue weighted by molar-refractivity contribution is 7.33. The van der Waals surface area contributed by atoms with E-state index in [2.05, 4.69) is 306 Å². The van der Waals surface area contributed by atoms with Gasteiger partial charge in [-0.1, -0.05) is 255 Å². The Morgan fingerprint density at radius 1 is 0.427 bits per heavy atom. The lowest BCUT2D eigenvalue weighted by atomic mass is 9.36. The molecule has 426 valence electrons.